The fourth-order valence-corrected chi connectivity index (χ4v) is 3.53. The van der Waals surface area contributed by atoms with Gasteiger partial charge in [-0.05, 0) is 49.2 Å². The highest BCUT2D eigenvalue weighted by molar-refractivity contribution is 5.92. The Morgan fingerprint density at radius 2 is 1.93 bits per heavy atom. The first-order valence-corrected chi connectivity index (χ1v) is 9.81. The monoisotopic (exact) mass is 391 g/mol. The molecule has 7 nitrogen and oxygen atoms in total. The number of rotatable bonds is 5. The Balaban J connectivity index is 1.38. The van der Waals surface area contributed by atoms with E-state index < -0.39 is 0 Å². The molecule has 2 aromatic heterocycles. The second-order valence-corrected chi connectivity index (χ2v) is 7.20. The molecule has 0 bridgehead atoms. The molecule has 1 fully saturated rings. The van der Waals surface area contributed by atoms with E-state index in [1.165, 1.54) is 16.8 Å². The third-order valence-electron chi connectivity index (χ3n) is 5.36. The van der Waals surface area contributed by atoms with Crippen LogP contribution in [0.5, 0.6) is 0 Å². The van der Waals surface area contributed by atoms with Gasteiger partial charge in [-0.15, -0.1) is 0 Å². The average molecular weight is 391 g/mol. The summed E-state index contributed by atoms with van der Waals surface area (Å²) < 4.78 is 5.29. The molecule has 1 saturated heterocycles. The summed E-state index contributed by atoms with van der Waals surface area (Å²) in [5, 5.41) is 3.09. The zero-order chi connectivity index (χ0) is 20.2. The number of hydrogen-bond acceptors (Lipinski definition) is 6. The lowest BCUT2D eigenvalue weighted by molar-refractivity contribution is 0.0741. The van der Waals surface area contributed by atoms with Crippen LogP contribution in [0.2, 0.25) is 0 Å². The molecule has 3 heterocycles. The molecule has 7 heteroatoms. The highest BCUT2D eigenvalue weighted by Crippen LogP contribution is 2.24. The lowest BCUT2D eigenvalue weighted by Crippen LogP contribution is -2.49. The maximum atomic E-state index is 12.9. The molecular formula is C22H25N5O2. The quantitative estimate of drug-likeness (QED) is 0.720. The average Bonchev–Trinajstić information content (AvgIpc) is 3.28. The minimum atomic E-state index is -0.0611. The maximum Gasteiger partial charge on any atom is 0.272 e. The lowest BCUT2D eigenvalue weighted by atomic mass is 10.1. The van der Waals surface area contributed by atoms with E-state index in [1.54, 1.807) is 18.5 Å². The van der Waals surface area contributed by atoms with Crippen molar-refractivity contribution in [3.63, 3.8) is 0 Å². The van der Waals surface area contributed by atoms with Crippen molar-refractivity contribution in [3.05, 3.63) is 71.4 Å². The van der Waals surface area contributed by atoms with E-state index in [4.69, 9.17) is 4.42 Å². The molecule has 1 N–H and O–H groups in total. The van der Waals surface area contributed by atoms with Gasteiger partial charge in [0.2, 0.25) is 5.95 Å². The fraction of sp³-hybridized carbons (Fsp3) is 0.318. The van der Waals surface area contributed by atoms with E-state index in [0.29, 0.717) is 31.3 Å². The Morgan fingerprint density at radius 1 is 1.10 bits per heavy atom. The topological polar surface area (TPSA) is 74.5 Å². The Kier molecular flexibility index (Phi) is 5.46. The van der Waals surface area contributed by atoms with Crippen LogP contribution in [-0.4, -0.2) is 47.0 Å². The van der Waals surface area contributed by atoms with Crippen molar-refractivity contribution in [2.45, 2.75) is 20.4 Å². The van der Waals surface area contributed by atoms with Gasteiger partial charge in [-0.2, -0.15) is 0 Å². The van der Waals surface area contributed by atoms with Crippen LogP contribution in [0.1, 0.15) is 27.4 Å². The first kappa shape index (κ1) is 19.0. The predicted octanol–water partition coefficient (Wildman–Crippen LogP) is 3.26. The van der Waals surface area contributed by atoms with E-state index in [9.17, 15) is 4.79 Å². The van der Waals surface area contributed by atoms with E-state index in [0.717, 1.165) is 18.8 Å². The molecular weight excluding hydrogens is 366 g/mol. The van der Waals surface area contributed by atoms with Crippen LogP contribution in [0.15, 0.2) is 53.3 Å². The van der Waals surface area contributed by atoms with Gasteiger partial charge in [-0.3, -0.25) is 4.79 Å². The molecule has 3 aromatic rings. The van der Waals surface area contributed by atoms with Crippen molar-refractivity contribution in [1.29, 1.82) is 0 Å². The molecule has 0 unspecified atom stereocenters. The van der Waals surface area contributed by atoms with Crippen molar-refractivity contribution >= 4 is 17.5 Å². The van der Waals surface area contributed by atoms with E-state index in [1.807, 2.05) is 17.0 Å². The highest BCUT2D eigenvalue weighted by Gasteiger charge is 2.24. The number of anilines is 2. The van der Waals surface area contributed by atoms with Crippen LogP contribution in [-0.2, 0) is 6.54 Å². The third-order valence-corrected chi connectivity index (χ3v) is 5.36. The van der Waals surface area contributed by atoms with Gasteiger partial charge in [0.15, 0.2) is 0 Å². The number of nitrogens with one attached hydrogen (secondary N) is 1. The van der Waals surface area contributed by atoms with Crippen LogP contribution >= 0.6 is 0 Å². The summed E-state index contributed by atoms with van der Waals surface area (Å²) in [6.45, 7) is 7.72. The van der Waals surface area contributed by atoms with Crippen LogP contribution in [0.25, 0.3) is 0 Å². The largest absolute Gasteiger partial charge is 0.467 e. The zero-order valence-electron chi connectivity index (χ0n) is 16.8. The molecule has 0 radical (unpaired) electrons. The van der Waals surface area contributed by atoms with E-state index in [2.05, 4.69) is 52.2 Å². The minimum absolute atomic E-state index is 0.0611. The Hall–Kier alpha value is -3.35. The van der Waals surface area contributed by atoms with Gasteiger partial charge in [0.05, 0.1) is 12.8 Å². The Labute approximate surface area is 170 Å². The maximum absolute atomic E-state index is 12.9. The molecule has 4 rings (SSSR count). The lowest BCUT2D eigenvalue weighted by Gasteiger charge is -2.37. The molecule has 150 valence electrons. The molecule has 0 saturated carbocycles. The molecule has 1 aliphatic rings. The fourth-order valence-electron chi connectivity index (χ4n) is 3.53. The normalized spacial score (nSPS) is 14.1. The van der Waals surface area contributed by atoms with Crippen molar-refractivity contribution in [3.8, 4) is 0 Å². The van der Waals surface area contributed by atoms with Crippen molar-refractivity contribution in [1.82, 2.24) is 14.9 Å². The van der Waals surface area contributed by atoms with Crippen molar-refractivity contribution in [2.75, 3.05) is 36.4 Å². The molecule has 1 aromatic carbocycles. The summed E-state index contributed by atoms with van der Waals surface area (Å²) in [5.74, 6) is 1.14. The molecule has 0 atom stereocenters. The second-order valence-electron chi connectivity index (χ2n) is 7.20. The van der Waals surface area contributed by atoms with Gasteiger partial charge in [0.1, 0.15) is 11.5 Å². The van der Waals surface area contributed by atoms with Crippen LogP contribution < -0.4 is 10.2 Å². The zero-order valence-corrected chi connectivity index (χ0v) is 16.8. The second kappa shape index (κ2) is 8.34. The minimum Gasteiger partial charge on any atom is -0.467 e. The number of piperazine rings is 1. The molecule has 0 spiro atoms. The highest BCUT2D eigenvalue weighted by atomic mass is 16.3. The summed E-state index contributed by atoms with van der Waals surface area (Å²) in [6, 6.07) is 11.7. The number of nitrogens with zero attached hydrogens (tertiary/aromatic N) is 4. The number of amides is 1. The molecule has 0 aliphatic carbocycles. The number of aromatic nitrogens is 2. The molecule has 1 aliphatic heterocycles. The summed E-state index contributed by atoms with van der Waals surface area (Å²) in [5.41, 5.74) is 4.25. The van der Waals surface area contributed by atoms with Crippen LogP contribution in [0.4, 0.5) is 11.6 Å². The van der Waals surface area contributed by atoms with E-state index in [-0.39, 0.29) is 5.91 Å². The Morgan fingerprint density at radius 3 is 2.69 bits per heavy atom. The number of benzene rings is 1. The standard InChI is InChI=1S/C22H25N5O2/c1-16-5-3-7-20(17(16)2)26-10-12-27(13-11-26)21(28)19-8-9-23-22(25-19)24-15-18-6-4-14-29-18/h3-9,14H,10-13,15H2,1-2H3,(H,23,24,25). The summed E-state index contributed by atoms with van der Waals surface area (Å²) in [7, 11) is 0. The first-order valence-electron chi connectivity index (χ1n) is 9.81. The number of carbonyl (C=O) groups is 1. The molecule has 29 heavy (non-hydrogen) atoms. The van der Waals surface area contributed by atoms with Crippen molar-refractivity contribution < 1.29 is 9.21 Å². The van der Waals surface area contributed by atoms with Gasteiger partial charge in [-0.1, -0.05) is 12.1 Å². The number of hydrogen-bond donors (Lipinski definition) is 1. The van der Waals surface area contributed by atoms with Crippen LogP contribution in [0, 0.1) is 13.8 Å². The third kappa shape index (κ3) is 4.23. The molecule has 1 amide bonds. The summed E-state index contributed by atoms with van der Waals surface area (Å²) in [4.78, 5) is 25.7. The van der Waals surface area contributed by atoms with Gasteiger partial charge >= 0.3 is 0 Å². The Bertz CT molecular complexity index is 979. The van der Waals surface area contributed by atoms with Gasteiger partial charge in [0, 0.05) is 38.1 Å². The van der Waals surface area contributed by atoms with Gasteiger partial charge in [-0.25, -0.2) is 9.97 Å². The first-order chi connectivity index (χ1) is 14.1. The predicted molar refractivity (Wildman–Crippen MR) is 112 cm³/mol. The summed E-state index contributed by atoms with van der Waals surface area (Å²) >= 11 is 0. The SMILES string of the molecule is Cc1cccc(N2CCN(C(=O)c3ccnc(NCc4ccco4)n3)CC2)c1C. The smallest absolute Gasteiger partial charge is 0.272 e. The van der Waals surface area contributed by atoms with Gasteiger partial charge in [0.25, 0.3) is 5.91 Å². The van der Waals surface area contributed by atoms with Crippen LogP contribution in [0.3, 0.4) is 0 Å². The number of aryl methyl sites for hydroxylation is 1. The number of furan rings is 1. The van der Waals surface area contributed by atoms with Gasteiger partial charge < -0.3 is 19.5 Å². The van der Waals surface area contributed by atoms with Crippen molar-refractivity contribution in [2.24, 2.45) is 0 Å². The summed E-state index contributed by atoms with van der Waals surface area (Å²) in [6.07, 6.45) is 3.23. The van der Waals surface area contributed by atoms with E-state index >= 15 is 0 Å². The number of carbonyl (C=O) groups excluding carboxylic acids is 1.